The lowest BCUT2D eigenvalue weighted by Crippen LogP contribution is -2.10. The van der Waals surface area contributed by atoms with Gasteiger partial charge in [0.1, 0.15) is 22.3 Å². The lowest BCUT2D eigenvalue weighted by molar-refractivity contribution is 0.669. The van der Waals surface area contributed by atoms with Crippen LogP contribution in [0.15, 0.2) is 245 Å². The molecule has 0 saturated heterocycles. The minimum Gasteiger partial charge on any atom is -0.455 e. The molecule has 10 aromatic carbocycles. The van der Waals surface area contributed by atoms with E-state index in [0.717, 1.165) is 105 Å². The smallest absolute Gasteiger partial charge is 0.143 e. The van der Waals surface area contributed by atoms with E-state index in [-0.39, 0.29) is 0 Å². The lowest BCUT2D eigenvalue weighted by Gasteiger charge is -2.28. The standard InChI is InChI=1S/C60H39NO2/c1-4-16-40(17-5-1)47-36-34-45(38-55(47)41-18-6-2-7-19-41)61(44-32-30-43(31-33-44)48-24-14-26-53-50-22-10-12-28-57(50)62-59(48)53)46-35-37-49(56(39-46)42-20-8-3-9-21-42)52-25-15-27-54-51-23-11-13-29-58(51)63-60(52)54/h1-39H. The van der Waals surface area contributed by atoms with Crippen molar-refractivity contribution in [3.05, 3.63) is 237 Å². The molecule has 0 bridgehead atoms. The predicted octanol–water partition coefficient (Wildman–Crippen LogP) is 17.3. The fraction of sp³-hybridized carbons (Fsp3) is 0. The van der Waals surface area contributed by atoms with Crippen LogP contribution in [0.25, 0.3) is 99.5 Å². The van der Waals surface area contributed by atoms with Gasteiger partial charge in [-0.05, 0) is 93.0 Å². The maximum absolute atomic E-state index is 6.62. The molecule has 0 fully saturated rings. The second-order valence-corrected chi connectivity index (χ2v) is 16.0. The summed E-state index contributed by atoms with van der Waals surface area (Å²) >= 11 is 0. The van der Waals surface area contributed by atoms with Gasteiger partial charge in [-0.1, -0.05) is 188 Å². The summed E-state index contributed by atoms with van der Waals surface area (Å²) in [7, 11) is 0. The Bertz CT molecular complexity index is 3600. The van der Waals surface area contributed by atoms with Crippen LogP contribution in [-0.2, 0) is 0 Å². The summed E-state index contributed by atoms with van der Waals surface area (Å²) in [4.78, 5) is 2.38. The van der Waals surface area contributed by atoms with Gasteiger partial charge in [-0.2, -0.15) is 0 Å². The van der Waals surface area contributed by atoms with E-state index in [1.54, 1.807) is 0 Å². The molecule has 0 aliphatic heterocycles. The van der Waals surface area contributed by atoms with Crippen molar-refractivity contribution in [2.75, 3.05) is 4.90 Å². The summed E-state index contributed by atoms with van der Waals surface area (Å²) in [5.74, 6) is 0. The monoisotopic (exact) mass is 805 g/mol. The van der Waals surface area contributed by atoms with Crippen molar-refractivity contribution in [1.82, 2.24) is 0 Å². The molecule has 0 spiro atoms. The van der Waals surface area contributed by atoms with Crippen molar-refractivity contribution in [3.8, 4) is 55.6 Å². The summed E-state index contributed by atoms with van der Waals surface area (Å²) in [5, 5.41) is 4.47. The van der Waals surface area contributed by atoms with Crippen molar-refractivity contribution < 1.29 is 8.83 Å². The number of hydrogen-bond donors (Lipinski definition) is 0. The van der Waals surface area contributed by atoms with Crippen LogP contribution >= 0.6 is 0 Å². The Balaban J connectivity index is 1.06. The van der Waals surface area contributed by atoms with Gasteiger partial charge in [-0.3, -0.25) is 0 Å². The predicted molar refractivity (Wildman–Crippen MR) is 263 cm³/mol. The van der Waals surface area contributed by atoms with Gasteiger partial charge < -0.3 is 13.7 Å². The molecule has 296 valence electrons. The normalized spacial score (nSPS) is 11.5. The molecule has 0 saturated carbocycles. The Morgan fingerprint density at radius 3 is 1.19 bits per heavy atom. The van der Waals surface area contributed by atoms with Gasteiger partial charge in [0.2, 0.25) is 0 Å². The second-order valence-electron chi connectivity index (χ2n) is 16.0. The summed E-state index contributed by atoms with van der Waals surface area (Å²) in [6, 6.07) is 84.1. The highest BCUT2D eigenvalue weighted by Crippen LogP contribution is 2.46. The zero-order valence-corrected chi connectivity index (χ0v) is 34.3. The van der Waals surface area contributed by atoms with E-state index in [9.17, 15) is 0 Å². The maximum Gasteiger partial charge on any atom is 0.143 e. The van der Waals surface area contributed by atoms with Gasteiger partial charge in [0.25, 0.3) is 0 Å². The first-order chi connectivity index (χ1) is 31.2. The minimum atomic E-state index is 0.886. The Labute approximate surface area is 365 Å². The average molecular weight is 806 g/mol. The van der Waals surface area contributed by atoms with E-state index >= 15 is 0 Å². The van der Waals surface area contributed by atoms with Crippen LogP contribution < -0.4 is 4.90 Å². The molecular formula is C60H39NO2. The fourth-order valence-corrected chi connectivity index (χ4v) is 9.33. The van der Waals surface area contributed by atoms with Crippen molar-refractivity contribution >= 4 is 60.9 Å². The van der Waals surface area contributed by atoms with E-state index in [1.807, 2.05) is 24.3 Å². The van der Waals surface area contributed by atoms with Crippen LogP contribution in [-0.4, -0.2) is 0 Å². The van der Waals surface area contributed by atoms with Crippen LogP contribution in [0.5, 0.6) is 0 Å². The molecule has 2 heterocycles. The molecule has 63 heavy (non-hydrogen) atoms. The molecule has 12 aromatic rings. The van der Waals surface area contributed by atoms with Gasteiger partial charge in [-0.25, -0.2) is 0 Å². The number of anilines is 3. The molecule has 0 unspecified atom stereocenters. The Hall–Kier alpha value is -8.40. The van der Waals surface area contributed by atoms with Crippen LogP contribution in [0.1, 0.15) is 0 Å². The van der Waals surface area contributed by atoms with E-state index in [1.165, 1.54) is 11.1 Å². The van der Waals surface area contributed by atoms with E-state index in [2.05, 4.69) is 217 Å². The Morgan fingerprint density at radius 2 is 0.635 bits per heavy atom. The van der Waals surface area contributed by atoms with Gasteiger partial charge in [0, 0.05) is 49.7 Å². The van der Waals surface area contributed by atoms with Crippen LogP contribution in [0, 0.1) is 0 Å². The summed E-state index contributed by atoms with van der Waals surface area (Å²) in [6.45, 7) is 0. The molecular weight excluding hydrogens is 767 g/mol. The highest BCUT2D eigenvalue weighted by molar-refractivity contribution is 6.11. The minimum absolute atomic E-state index is 0.886. The number of nitrogens with zero attached hydrogens (tertiary/aromatic N) is 1. The van der Waals surface area contributed by atoms with Crippen molar-refractivity contribution in [2.24, 2.45) is 0 Å². The Kier molecular flexibility index (Phi) is 8.83. The van der Waals surface area contributed by atoms with Crippen molar-refractivity contribution in [3.63, 3.8) is 0 Å². The number of para-hydroxylation sites is 4. The van der Waals surface area contributed by atoms with E-state index in [0.29, 0.717) is 0 Å². The molecule has 0 N–H and O–H groups in total. The second kappa shape index (κ2) is 15.3. The van der Waals surface area contributed by atoms with E-state index < -0.39 is 0 Å². The summed E-state index contributed by atoms with van der Waals surface area (Å²) < 4.78 is 13.1. The third kappa shape index (κ3) is 6.38. The van der Waals surface area contributed by atoms with E-state index in [4.69, 9.17) is 8.83 Å². The number of fused-ring (bicyclic) bond motifs is 6. The van der Waals surface area contributed by atoms with Gasteiger partial charge >= 0.3 is 0 Å². The third-order valence-electron chi connectivity index (χ3n) is 12.3. The summed E-state index contributed by atoms with van der Waals surface area (Å²) in [6.07, 6.45) is 0. The zero-order valence-electron chi connectivity index (χ0n) is 34.3. The fourth-order valence-electron chi connectivity index (χ4n) is 9.33. The largest absolute Gasteiger partial charge is 0.455 e. The topological polar surface area (TPSA) is 29.5 Å². The van der Waals surface area contributed by atoms with Crippen molar-refractivity contribution in [1.29, 1.82) is 0 Å². The highest BCUT2D eigenvalue weighted by atomic mass is 16.3. The SMILES string of the molecule is c1ccc(-c2ccc(N(c3ccc(-c4cccc5c4oc4ccccc45)cc3)c3ccc(-c4cccc5c4oc4ccccc45)c(-c4ccccc4)c3)cc2-c2ccccc2)cc1. The number of hydrogen-bond acceptors (Lipinski definition) is 3. The zero-order chi connectivity index (χ0) is 41.7. The van der Waals surface area contributed by atoms with Crippen LogP contribution in [0.3, 0.4) is 0 Å². The quantitative estimate of drug-likeness (QED) is 0.153. The van der Waals surface area contributed by atoms with Crippen LogP contribution in [0.4, 0.5) is 17.1 Å². The molecule has 12 rings (SSSR count). The molecule has 2 aromatic heterocycles. The lowest BCUT2D eigenvalue weighted by atomic mass is 9.92. The molecule has 0 aliphatic rings. The first-order valence-electron chi connectivity index (χ1n) is 21.4. The Morgan fingerprint density at radius 1 is 0.238 bits per heavy atom. The molecule has 3 nitrogen and oxygen atoms in total. The maximum atomic E-state index is 6.62. The first kappa shape index (κ1) is 36.5. The highest BCUT2D eigenvalue weighted by Gasteiger charge is 2.21. The van der Waals surface area contributed by atoms with Crippen molar-refractivity contribution in [2.45, 2.75) is 0 Å². The molecule has 0 atom stereocenters. The molecule has 0 radical (unpaired) electrons. The first-order valence-corrected chi connectivity index (χ1v) is 21.4. The number of furan rings is 2. The van der Waals surface area contributed by atoms with Gasteiger partial charge in [0.05, 0.1) is 0 Å². The number of benzene rings is 10. The van der Waals surface area contributed by atoms with Gasteiger partial charge in [0.15, 0.2) is 0 Å². The summed E-state index contributed by atoms with van der Waals surface area (Å²) in [5.41, 5.74) is 17.9. The molecule has 0 amide bonds. The third-order valence-corrected chi connectivity index (χ3v) is 12.3. The van der Waals surface area contributed by atoms with Gasteiger partial charge in [-0.15, -0.1) is 0 Å². The van der Waals surface area contributed by atoms with Crippen LogP contribution in [0.2, 0.25) is 0 Å². The molecule has 0 aliphatic carbocycles. The number of rotatable bonds is 8. The average Bonchev–Trinajstić information content (AvgIpc) is 3.94. The molecule has 3 heteroatoms.